The average Bonchev–Trinajstić information content (AvgIpc) is 3.20. The van der Waals surface area contributed by atoms with Gasteiger partial charge in [0.2, 0.25) is 10.0 Å². The van der Waals surface area contributed by atoms with Crippen molar-refractivity contribution in [1.82, 2.24) is 18.8 Å². The second kappa shape index (κ2) is 12.8. The molecule has 222 valence electrons. The molecule has 0 saturated carbocycles. The molecule has 0 aliphatic carbocycles. The summed E-state index contributed by atoms with van der Waals surface area (Å²) >= 11 is 0. The van der Waals surface area contributed by atoms with Crippen LogP contribution < -0.4 is 10.3 Å². The lowest BCUT2D eigenvalue weighted by Crippen LogP contribution is -2.38. The number of nitrogens with zero attached hydrogens (tertiary/aromatic N) is 5. The Bertz CT molecular complexity index is 1600. The Kier molecular flexibility index (Phi) is 9.43. The van der Waals surface area contributed by atoms with E-state index in [0.717, 1.165) is 17.7 Å². The van der Waals surface area contributed by atoms with Crippen LogP contribution in [0, 0.1) is 16.0 Å². The van der Waals surface area contributed by atoms with Gasteiger partial charge in [0.05, 0.1) is 29.4 Å². The first-order valence-corrected chi connectivity index (χ1v) is 15.1. The maximum atomic E-state index is 13.6. The molecule has 0 amide bonds. The largest absolute Gasteiger partial charge is 0.493 e. The summed E-state index contributed by atoms with van der Waals surface area (Å²) in [6.07, 6.45) is 4.89. The van der Waals surface area contributed by atoms with Crippen LogP contribution in [0.4, 0.5) is 0 Å². The van der Waals surface area contributed by atoms with Crippen molar-refractivity contribution in [1.29, 1.82) is 0 Å². The fourth-order valence-electron chi connectivity index (χ4n) is 5.36. The number of hydrogen-bond donors (Lipinski definition) is 1. The topological polar surface area (TPSA) is 162 Å². The van der Waals surface area contributed by atoms with Crippen molar-refractivity contribution in [3.05, 3.63) is 49.9 Å². The lowest BCUT2D eigenvalue weighted by Gasteiger charge is -2.31. The second-order valence-corrected chi connectivity index (χ2v) is 11.9. The molecule has 1 N–H and O–H groups in total. The summed E-state index contributed by atoms with van der Waals surface area (Å²) in [6.45, 7) is 4.79. The van der Waals surface area contributed by atoms with E-state index in [1.807, 2.05) is 13.8 Å². The molecule has 0 radical (unpaired) electrons. The number of sulfonamides is 1. The molecule has 0 spiro atoms. The van der Waals surface area contributed by atoms with Gasteiger partial charge >= 0.3 is 0 Å². The molecule has 2 aromatic heterocycles. The summed E-state index contributed by atoms with van der Waals surface area (Å²) in [4.78, 5) is 40.0. The predicted octanol–water partition coefficient (Wildman–Crippen LogP) is 3.33. The van der Waals surface area contributed by atoms with Crippen molar-refractivity contribution in [2.45, 2.75) is 50.8 Å². The van der Waals surface area contributed by atoms with Gasteiger partial charge in [-0.1, -0.05) is 13.3 Å². The van der Waals surface area contributed by atoms with Crippen molar-refractivity contribution in [3.8, 4) is 17.1 Å². The number of ether oxygens (including phenoxy) is 1. The van der Waals surface area contributed by atoms with E-state index in [9.17, 15) is 23.3 Å². The molecular weight excluding hydrogens is 552 g/mol. The minimum absolute atomic E-state index is 0.00364. The summed E-state index contributed by atoms with van der Waals surface area (Å²) in [6, 6.07) is 4.58. The van der Waals surface area contributed by atoms with Gasteiger partial charge < -0.3 is 19.1 Å². The van der Waals surface area contributed by atoms with Gasteiger partial charge in [0.15, 0.2) is 0 Å². The zero-order valence-corrected chi connectivity index (χ0v) is 24.6. The van der Waals surface area contributed by atoms with Gasteiger partial charge in [-0.2, -0.15) is 4.31 Å². The van der Waals surface area contributed by atoms with Crippen LogP contribution in [0.1, 0.15) is 50.8 Å². The van der Waals surface area contributed by atoms with Gasteiger partial charge in [-0.05, 0) is 56.7 Å². The Balaban J connectivity index is 1.72. The van der Waals surface area contributed by atoms with Gasteiger partial charge in [0.25, 0.3) is 10.6 Å². The molecule has 1 aromatic carbocycles. The lowest BCUT2D eigenvalue weighted by molar-refractivity contribution is -0.758. The highest BCUT2D eigenvalue weighted by atomic mass is 32.2. The van der Waals surface area contributed by atoms with E-state index in [2.05, 4.69) is 14.8 Å². The molecule has 3 aromatic rings. The van der Waals surface area contributed by atoms with Crippen LogP contribution >= 0.6 is 0 Å². The van der Waals surface area contributed by atoms with Crippen LogP contribution in [0.3, 0.4) is 0 Å². The summed E-state index contributed by atoms with van der Waals surface area (Å²) in [5, 5.41) is 9.59. The average molecular weight is 589 g/mol. The van der Waals surface area contributed by atoms with E-state index in [4.69, 9.17) is 9.72 Å². The molecule has 1 saturated heterocycles. The number of hydrogen-bond acceptors (Lipinski definition) is 9. The van der Waals surface area contributed by atoms with Crippen molar-refractivity contribution in [3.63, 3.8) is 0 Å². The number of nitrogens with one attached hydrogen (secondary N) is 1. The van der Waals surface area contributed by atoms with E-state index >= 15 is 0 Å². The first-order chi connectivity index (χ1) is 19.6. The number of H-pyrrole nitrogens is 1. The van der Waals surface area contributed by atoms with E-state index in [-0.39, 0.29) is 28.8 Å². The van der Waals surface area contributed by atoms with E-state index in [0.29, 0.717) is 67.7 Å². The Morgan fingerprint density at radius 3 is 2.63 bits per heavy atom. The zero-order valence-electron chi connectivity index (χ0n) is 23.8. The van der Waals surface area contributed by atoms with Crippen LogP contribution in [-0.4, -0.2) is 71.9 Å². The van der Waals surface area contributed by atoms with Gasteiger partial charge in [-0.15, -0.1) is 10.1 Å². The monoisotopic (exact) mass is 588 g/mol. The predicted molar refractivity (Wildman–Crippen MR) is 154 cm³/mol. The molecule has 41 heavy (non-hydrogen) atoms. The minimum Gasteiger partial charge on any atom is -0.493 e. The van der Waals surface area contributed by atoms with Crippen LogP contribution in [0.25, 0.3) is 22.4 Å². The Morgan fingerprint density at radius 1 is 1.27 bits per heavy atom. The quantitative estimate of drug-likeness (QED) is 0.191. The Hall–Kier alpha value is -3.78. The normalized spacial score (nSPS) is 15.1. The van der Waals surface area contributed by atoms with Crippen molar-refractivity contribution < 1.29 is 23.1 Å². The fraction of sp³-hybridized carbons (Fsp3) is 0.519. The number of piperidine rings is 1. The highest BCUT2D eigenvalue weighted by Gasteiger charge is 2.30. The van der Waals surface area contributed by atoms with Gasteiger partial charge in [0, 0.05) is 39.0 Å². The number of aromatic nitrogens is 3. The number of aryl methyl sites for hydroxylation is 2. The van der Waals surface area contributed by atoms with Crippen molar-refractivity contribution >= 4 is 27.3 Å². The van der Waals surface area contributed by atoms with Crippen LogP contribution in [0.2, 0.25) is 0 Å². The smallest absolute Gasteiger partial charge is 0.294 e. The van der Waals surface area contributed by atoms with Crippen LogP contribution in [0.15, 0.2) is 32.9 Å². The number of fused-ring (bicyclic) bond motifs is 1. The first-order valence-electron chi connectivity index (χ1n) is 13.7. The molecular formula is C27H36N6O7S. The summed E-state index contributed by atoms with van der Waals surface area (Å²) in [5.41, 5.74) is 2.68. The molecule has 0 bridgehead atoms. The van der Waals surface area contributed by atoms with Crippen LogP contribution in [0.5, 0.6) is 5.75 Å². The van der Waals surface area contributed by atoms with E-state index < -0.39 is 15.1 Å². The lowest BCUT2D eigenvalue weighted by atomic mass is 9.95. The number of benzene rings is 1. The van der Waals surface area contributed by atoms with Crippen LogP contribution in [-0.2, 0) is 28.3 Å². The maximum Gasteiger partial charge on any atom is 0.294 e. The SMILES string of the molecule is CCCc1c(C=NC)n(C)c2c(=O)[nH]c(-c3cc(S(=O)(=O)N4CCC(CCO[N+](=O)[O-])CC4)ccc3OCC)nc12. The third kappa shape index (κ3) is 6.27. The minimum atomic E-state index is -3.86. The molecule has 3 heterocycles. The van der Waals surface area contributed by atoms with Gasteiger partial charge in [-0.25, -0.2) is 13.4 Å². The third-order valence-electron chi connectivity index (χ3n) is 7.38. The zero-order chi connectivity index (χ0) is 29.7. The summed E-state index contributed by atoms with van der Waals surface area (Å²) in [7, 11) is -0.395. The molecule has 4 rings (SSSR count). The molecule has 1 aliphatic rings. The molecule has 0 atom stereocenters. The molecule has 1 aliphatic heterocycles. The number of aliphatic imine (C=N–C) groups is 1. The molecule has 14 heteroatoms. The van der Waals surface area contributed by atoms with Crippen molar-refractivity contribution in [2.24, 2.45) is 18.0 Å². The van der Waals surface area contributed by atoms with E-state index in [1.54, 1.807) is 30.9 Å². The molecule has 1 fully saturated rings. The fourth-order valence-corrected chi connectivity index (χ4v) is 6.86. The summed E-state index contributed by atoms with van der Waals surface area (Å²) in [5.74, 6) is 0.765. The number of aromatic amines is 1. The third-order valence-corrected chi connectivity index (χ3v) is 9.27. The Morgan fingerprint density at radius 2 is 2.00 bits per heavy atom. The highest BCUT2D eigenvalue weighted by Crippen LogP contribution is 2.34. The molecule has 13 nitrogen and oxygen atoms in total. The Labute approximate surface area is 238 Å². The number of rotatable bonds is 12. The second-order valence-electron chi connectivity index (χ2n) is 9.96. The molecule has 0 unspecified atom stereocenters. The van der Waals surface area contributed by atoms with Gasteiger partial charge in [0.1, 0.15) is 22.6 Å². The maximum absolute atomic E-state index is 13.6. The highest BCUT2D eigenvalue weighted by molar-refractivity contribution is 7.89. The van der Waals surface area contributed by atoms with E-state index in [1.165, 1.54) is 16.4 Å². The summed E-state index contributed by atoms with van der Waals surface area (Å²) < 4.78 is 36.3. The first kappa shape index (κ1) is 30.2. The van der Waals surface area contributed by atoms with Gasteiger partial charge in [-0.3, -0.25) is 9.79 Å². The standard InChI is InChI=1S/C27H36N6O7S/c1-5-7-20-22(17-28-3)31(4)25-24(20)29-26(30-27(25)34)21-16-19(8-9-23(21)39-6-2)41(37,38)32-13-10-18(11-14-32)12-15-40-33(35)36/h8-9,16-18H,5-7,10-15H2,1-4H3,(H,29,30,34). The van der Waals surface area contributed by atoms with Crippen molar-refractivity contribution in [2.75, 3.05) is 33.4 Å².